The van der Waals surface area contributed by atoms with Gasteiger partial charge in [-0.25, -0.2) is 0 Å². The van der Waals surface area contributed by atoms with Gasteiger partial charge in [0, 0.05) is 12.8 Å². The van der Waals surface area contributed by atoms with Gasteiger partial charge in [0.1, 0.15) is 6.54 Å². The first kappa shape index (κ1) is 27.1. The Morgan fingerprint density at radius 3 is 1.50 bits per heavy atom. The summed E-state index contributed by atoms with van der Waals surface area (Å²) in [4.78, 5) is -0.854. The van der Waals surface area contributed by atoms with Gasteiger partial charge < -0.3 is 0 Å². The third-order valence-electron chi connectivity index (χ3n) is 6.51. The van der Waals surface area contributed by atoms with Gasteiger partial charge in [-0.3, -0.25) is 0 Å². The van der Waals surface area contributed by atoms with Crippen LogP contribution in [0.3, 0.4) is 0 Å². The van der Waals surface area contributed by atoms with E-state index < -0.39 is 4.81 Å². The Labute approximate surface area is 187 Å². The predicted molar refractivity (Wildman–Crippen MR) is 128 cm³/mol. The maximum Gasteiger partial charge on any atom is 0.156 e. The van der Waals surface area contributed by atoms with Gasteiger partial charge in [-0.15, -0.1) is 0 Å². The second-order valence-corrected chi connectivity index (χ2v) is 9.18. The fourth-order valence-corrected chi connectivity index (χ4v) is 4.35. The van der Waals surface area contributed by atoms with E-state index in [9.17, 15) is 10.4 Å². The molecule has 0 bridgehead atoms. The summed E-state index contributed by atoms with van der Waals surface area (Å²) in [6.45, 7) is 4.45. The van der Waals surface area contributed by atoms with Gasteiger partial charge in [-0.1, -0.05) is 127 Å². The third kappa shape index (κ3) is 13.4. The normalized spacial score (nSPS) is 12.9. The van der Waals surface area contributed by atoms with Crippen molar-refractivity contribution in [2.75, 3.05) is 6.54 Å². The molecule has 1 rings (SSSR count). The van der Waals surface area contributed by atoms with Crippen LogP contribution in [0.4, 0.5) is 0 Å². The fourth-order valence-electron chi connectivity index (χ4n) is 4.35. The minimum atomic E-state index is -0.854. The Balaban J connectivity index is 2.03. The van der Waals surface area contributed by atoms with Gasteiger partial charge in [-0.05, 0) is 23.7 Å². The average Bonchev–Trinajstić information content (AvgIpc) is 2.76. The third-order valence-corrected chi connectivity index (χ3v) is 6.51. The summed E-state index contributed by atoms with van der Waals surface area (Å²) in [5, 5.41) is 20.7. The molecule has 0 amide bonds. The number of quaternary nitrogens is 1. The molecule has 1 aromatic carbocycles. The van der Waals surface area contributed by atoms with E-state index >= 15 is 0 Å². The van der Waals surface area contributed by atoms with Crippen molar-refractivity contribution in [2.45, 2.75) is 129 Å². The van der Waals surface area contributed by atoms with Crippen LogP contribution in [0, 0.1) is 0 Å². The van der Waals surface area contributed by atoms with Crippen molar-refractivity contribution in [1.29, 1.82) is 0 Å². The molecule has 1 aromatic rings. The Bertz CT molecular complexity index is 489. The van der Waals surface area contributed by atoms with Gasteiger partial charge in [0.2, 0.25) is 0 Å². The van der Waals surface area contributed by atoms with Crippen molar-refractivity contribution in [2.24, 2.45) is 0 Å². The lowest BCUT2D eigenvalue weighted by atomic mass is 9.98. The Hall–Kier alpha value is -0.900. The van der Waals surface area contributed by atoms with E-state index in [0.29, 0.717) is 6.54 Å². The highest BCUT2D eigenvalue weighted by atomic mass is 16.8. The van der Waals surface area contributed by atoms with Crippen molar-refractivity contribution in [1.82, 2.24) is 0 Å². The molecule has 174 valence electrons. The van der Waals surface area contributed by atoms with Gasteiger partial charge in [0.15, 0.2) is 6.04 Å². The number of benzene rings is 1. The average molecular weight is 421 g/mol. The Morgan fingerprint density at radius 2 is 1.07 bits per heavy atom. The minimum absolute atomic E-state index is 0.139. The first-order chi connectivity index (χ1) is 14.6. The highest BCUT2D eigenvalue weighted by Gasteiger charge is 2.33. The summed E-state index contributed by atoms with van der Waals surface area (Å²) >= 11 is 0. The van der Waals surface area contributed by atoms with Crippen LogP contribution in [0.15, 0.2) is 30.3 Å². The lowest BCUT2D eigenvalue weighted by Crippen LogP contribution is -2.51. The van der Waals surface area contributed by atoms with Crippen molar-refractivity contribution in [3.8, 4) is 0 Å². The molecule has 2 N–H and O–H groups in total. The van der Waals surface area contributed by atoms with Gasteiger partial charge >= 0.3 is 0 Å². The quantitative estimate of drug-likeness (QED) is 0.126. The molecule has 0 aliphatic carbocycles. The number of hydrogen-bond acceptors (Lipinski definition) is 2. The van der Waals surface area contributed by atoms with E-state index in [1.807, 2.05) is 25.1 Å². The molecule has 0 saturated carbocycles. The van der Waals surface area contributed by atoms with Crippen LogP contribution in [-0.4, -0.2) is 27.8 Å². The van der Waals surface area contributed by atoms with E-state index in [1.165, 1.54) is 95.5 Å². The molecule has 0 spiro atoms. The maximum absolute atomic E-state index is 10.4. The van der Waals surface area contributed by atoms with E-state index in [2.05, 4.69) is 19.1 Å². The van der Waals surface area contributed by atoms with E-state index in [4.69, 9.17) is 0 Å². The van der Waals surface area contributed by atoms with Crippen LogP contribution in [0.25, 0.3) is 0 Å². The molecule has 0 aliphatic heterocycles. The highest BCUT2D eigenvalue weighted by Crippen LogP contribution is 2.20. The predicted octanol–water partition coefficient (Wildman–Crippen LogP) is 8.47. The zero-order valence-corrected chi connectivity index (χ0v) is 20.0. The first-order valence-electron chi connectivity index (χ1n) is 13.0. The fraction of sp³-hybridized carbons (Fsp3) is 0.778. The lowest BCUT2D eigenvalue weighted by molar-refractivity contribution is -1.26. The largest absolute Gasteiger partial charge is 0.182 e. The van der Waals surface area contributed by atoms with Crippen LogP contribution in [-0.2, 0) is 6.42 Å². The zero-order valence-electron chi connectivity index (χ0n) is 20.0. The summed E-state index contributed by atoms with van der Waals surface area (Å²) in [7, 11) is 0. The summed E-state index contributed by atoms with van der Waals surface area (Å²) in [6, 6.07) is 10.1. The second-order valence-electron chi connectivity index (χ2n) is 9.18. The number of hydrogen-bond donors (Lipinski definition) is 2. The summed E-state index contributed by atoms with van der Waals surface area (Å²) in [5.74, 6) is 0. The van der Waals surface area contributed by atoms with E-state index in [0.717, 1.165) is 19.3 Å². The number of rotatable bonds is 20. The molecule has 1 atom stereocenters. The van der Waals surface area contributed by atoms with E-state index in [-0.39, 0.29) is 6.04 Å². The van der Waals surface area contributed by atoms with Crippen LogP contribution < -0.4 is 0 Å². The second kappa shape index (κ2) is 17.7. The molecule has 3 nitrogen and oxygen atoms in total. The van der Waals surface area contributed by atoms with Crippen molar-refractivity contribution in [3.63, 3.8) is 0 Å². The Kier molecular flexibility index (Phi) is 16.1. The minimum Gasteiger partial charge on any atom is -0.182 e. The molecule has 30 heavy (non-hydrogen) atoms. The first-order valence-corrected chi connectivity index (χ1v) is 13.0. The smallest absolute Gasteiger partial charge is 0.156 e. The standard InChI is InChI=1S/C27H50NO2/c1-3-5-6-7-8-9-10-11-12-13-14-15-16-17-21-24-27(28(29,30)4-2)25-26-22-19-18-20-23-26/h18-20,22-23,27,29-30H,3-17,21,24-25H2,1-2H3/q+1. The van der Waals surface area contributed by atoms with Crippen molar-refractivity contribution < 1.29 is 15.2 Å². The lowest BCUT2D eigenvalue weighted by Gasteiger charge is -2.29. The molecule has 0 aliphatic rings. The molecule has 0 aromatic heterocycles. The van der Waals surface area contributed by atoms with Crippen molar-refractivity contribution in [3.05, 3.63) is 35.9 Å². The summed E-state index contributed by atoms with van der Waals surface area (Å²) < 4.78 is 0. The van der Waals surface area contributed by atoms with Crippen LogP contribution in [0.2, 0.25) is 0 Å². The maximum atomic E-state index is 10.4. The van der Waals surface area contributed by atoms with Gasteiger partial charge in [-0.2, -0.15) is 10.4 Å². The summed E-state index contributed by atoms with van der Waals surface area (Å²) in [6.07, 6.45) is 21.9. The molecule has 0 radical (unpaired) electrons. The highest BCUT2D eigenvalue weighted by molar-refractivity contribution is 5.15. The van der Waals surface area contributed by atoms with E-state index in [1.54, 1.807) is 0 Å². The molecular weight excluding hydrogens is 370 g/mol. The SMILES string of the molecule is CCCCCCCCCCCCCCCCCC(Cc1ccccc1)[N+](O)(O)CC. The molecule has 0 saturated heterocycles. The van der Waals surface area contributed by atoms with Gasteiger partial charge in [0.25, 0.3) is 0 Å². The number of likely N-dealkylation sites (N-methyl/N-ethyl adjacent to an activating group) is 1. The number of nitrogens with zero attached hydrogens (tertiary/aromatic N) is 1. The Morgan fingerprint density at radius 1 is 0.633 bits per heavy atom. The van der Waals surface area contributed by atoms with Crippen molar-refractivity contribution >= 4 is 0 Å². The molecule has 3 heteroatoms. The van der Waals surface area contributed by atoms with Crippen LogP contribution in [0.1, 0.15) is 122 Å². The molecular formula is C27H50NO2+. The molecule has 1 unspecified atom stereocenters. The molecule has 0 heterocycles. The zero-order chi connectivity index (χ0) is 21.9. The van der Waals surface area contributed by atoms with Crippen LogP contribution >= 0.6 is 0 Å². The van der Waals surface area contributed by atoms with Crippen LogP contribution in [0.5, 0.6) is 0 Å². The molecule has 0 fully saturated rings. The monoisotopic (exact) mass is 420 g/mol. The topological polar surface area (TPSA) is 40.5 Å². The van der Waals surface area contributed by atoms with Gasteiger partial charge in [0.05, 0.1) is 0 Å². The number of hydroxylamine groups is 4. The summed E-state index contributed by atoms with van der Waals surface area (Å²) in [5.41, 5.74) is 1.18. The number of unbranched alkanes of at least 4 members (excludes halogenated alkanes) is 14.